The Kier molecular flexibility index (Phi) is 7.83. The fourth-order valence-corrected chi connectivity index (χ4v) is 1.86. The number of para-hydroxylation sites is 1. The van der Waals surface area contributed by atoms with Gasteiger partial charge in [0.25, 0.3) is 0 Å². The van der Waals surface area contributed by atoms with Crippen LogP contribution in [0.15, 0.2) is 18.2 Å². The van der Waals surface area contributed by atoms with Gasteiger partial charge in [0.15, 0.2) is 11.5 Å². The van der Waals surface area contributed by atoms with Crippen LogP contribution in [0.25, 0.3) is 0 Å². The van der Waals surface area contributed by atoms with Gasteiger partial charge in [-0.1, -0.05) is 26.0 Å². The molecule has 0 heterocycles. The van der Waals surface area contributed by atoms with Crippen molar-refractivity contribution >= 4 is 12.4 Å². The highest BCUT2D eigenvalue weighted by molar-refractivity contribution is 5.85. The number of rotatable bonds is 6. The molecule has 110 valence electrons. The summed E-state index contributed by atoms with van der Waals surface area (Å²) in [5.74, 6) is 0.904. The Labute approximate surface area is 121 Å². The zero-order chi connectivity index (χ0) is 13.7. The van der Waals surface area contributed by atoms with Crippen LogP contribution < -0.4 is 10.5 Å². The normalized spacial score (nSPS) is 13.8. The van der Waals surface area contributed by atoms with Crippen LogP contribution >= 0.6 is 12.4 Å². The summed E-state index contributed by atoms with van der Waals surface area (Å²) in [4.78, 5) is 0. The van der Waals surface area contributed by atoms with Crippen molar-refractivity contribution in [3.05, 3.63) is 23.8 Å². The molecule has 0 saturated carbocycles. The zero-order valence-electron chi connectivity index (χ0n) is 11.7. The number of aliphatic hydroxyl groups is 1. The Hall–Kier alpha value is -0.970. The minimum atomic E-state index is -0.662. The number of ether oxygens (including phenoxy) is 1. The molecule has 1 aromatic rings. The number of methoxy groups -OCH3 is 1. The van der Waals surface area contributed by atoms with Gasteiger partial charge in [-0.25, -0.2) is 0 Å². The van der Waals surface area contributed by atoms with Gasteiger partial charge in [0.05, 0.1) is 19.3 Å². The smallest absolute Gasteiger partial charge is 0.162 e. The van der Waals surface area contributed by atoms with E-state index in [1.54, 1.807) is 18.2 Å². The maximum atomic E-state index is 10.0. The first-order chi connectivity index (χ1) is 8.47. The highest BCUT2D eigenvalue weighted by atomic mass is 35.5. The van der Waals surface area contributed by atoms with Gasteiger partial charge in [-0.15, -0.1) is 12.4 Å². The molecule has 4 nitrogen and oxygen atoms in total. The molecule has 1 rings (SSSR count). The van der Waals surface area contributed by atoms with E-state index >= 15 is 0 Å². The molecule has 4 N–H and O–H groups in total. The number of aliphatic hydroxyl groups excluding tert-OH is 1. The summed E-state index contributed by atoms with van der Waals surface area (Å²) in [5.41, 5.74) is 6.50. The third-order valence-electron chi connectivity index (χ3n) is 3.06. The van der Waals surface area contributed by atoms with Crippen molar-refractivity contribution in [2.24, 2.45) is 11.7 Å². The lowest BCUT2D eigenvalue weighted by molar-refractivity contribution is 0.127. The van der Waals surface area contributed by atoms with E-state index in [4.69, 9.17) is 10.5 Å². The van der Waals surface area contributed by atoms with Crippen molar-refractivity contribution < 1.29 is 14.9 Å². The maximum Gasteiger partial charge on any atom is 0.162 e. The van der Waals surface area contributed by atoms with E-state index < -0.39 is 12.1 Å². The van der Waals surface area contributed by atoms with Crippen molar-refractivity contribution in [3.63, 3.8) is 0 Å². The molecule has 19 heavy (non-hydrogen) atoms. The number of nitrogens with two attached hydrogens (primary N) is 1. The summed E-state index contributed by atoms with van der Waals surface area (Å²) < 4.78 is 5.03. The molecule has 0 aromatic heterocycles. The number of aromatic hydroxyl groups is 1. The van der Waals surface area contributed by atoms with Crippen LogP contribution in [0.1, 0.15) is 38.3 Å². The average molecular weight is 290 g/mol. The number of phenolic OH excluding ortho intramolecular Hbond substituents is 1. The maximum absolute atomic E-state index is 10.0. The molecule has 0 aliphatic heterocycles. The van der Waals surface area contributed by atoms with Gasteiger partial charge < -0.3 is 20.7 Å². The predicted molar refractivity (Wildman–Crippen MR) is 78.9 cm³/mol. The molecule has 0 radical (unpaired) electrons. The first-order valence-electron chi connectivity index (χ1n) is 6.26. The summed E-state index contributed by atoms with van der Waals surface area (Å²) in [6, 6.07) is 4.52. The first kappa shape index (κ1) is 18.0. The second-order valence-corrected chi connectivity index (χ2v) is 4.96. The SMILES string of the molecule is COc1cccc([C@H](N)[C@H](O)CCC(C)C)c1O.Cl. The monoisotopic (exact) mass is 289 g/mol. The minimum Gasteiger partial charge on any atom is -0.504 e. The summed E-state index contributed by atoms with van der Waals surface area (Å²) in [5, 5.41) is 20.0. The second kappa shape index (κ2) is 8.25. The largest absolute Gasteiger partial charge is 0.504 e. The van der Waals surface area contributed by atoms with Crippen molar-refractivity contribution in [1.82, 2.24) is 0 Å². The van der Waals surface area contributed by atoms with Gasteiger partial charge in [0.1, 0.15) is 0 Å². The van der Waals surface area contributed by atoms with Gasteiger partial charge in [0.2, 0.25) is 0 Å². The average Bonchev–Trinajstić information content (AvgIpc) is 2.35. The van der Waals surface area contributed by atoms with Crippen LogP contribution in [-0.2, 0) is 0 Å². The Morgan fingerprint density at radius 1 is 1.26 bits per heavy atom. The van der Waals surface area contributed by atoms with Gasteiger partial charge in [-0.05, 0) is 24.8 Å². The van der Waals surface area contributed by atoms with Crippen molar-refractivity contribution in [2.45, 2.75) is 38.8 Å². The van der Waals surface area contributed by atoms with E-state index in [9.17, 15) is 10.2 Å². The molecule has 0 amide bonds. The number of halogens is 1. The molecule has 1 aromatic carbocycles. The number of hydrogen-bond acceptors (Lipinski definition) is 4. The lowest BCUT2D eigenvalue weighted by atomic mass is 9.95. The Balaban J connectivity index is 0.00000324. The van der Waals surface area contributed by atoms with E-state index in [1.807, 2.05) is 0 Å². The van der Waals surface area contributed by atoms with E-state index in [-0.39, 0.29) is 18.2 Å². The summed E-state index contributed by atoms with van der Waals surface area (Å²) >= 11 is 0. The number of phenols is 1. The van der Waals surface area contributed by atoms with E-state index in [0.717, 1.165) is 6.42 Å². The minimum absolute atomic E-state index is 0. The Morgan fingerprint density at radius 2 is 1.89 bits per heavy atom. The molecular weight excluding hydrogens is 266 g/mol. The molecule has 0 spiro atoms. The second-order valence-electron chi connectivity index (χ2n) is 4.96. The molecular formula is C14H24ClNO3. The fourth-order valence-electron chi connectivity index (χ4n) is 1.86. The quantitative estimate of drug-likeness (QED) is 0.752. The lowest BCUT2D eigenvalue weighted by Crippen LogP contribution is -2.26. The molecule has 0 saturated heterocycles. The van der Waals surface area contributed by atoms with Crippen LogP contribution in [0.4, 0.5) is 0 Å². The van der Waals surface area contributed by atoms with E-state index in [0.29, 0.717) is 23.7 Å². The molecule has 0 aliphatic rings. The molecule has 0 aliphatic carbocycles. The van der Waals surface area contributed by atoms with Gasteiger partial charge >= 0.3 is 0 Å². The zero-order valence-corrected chi connectivity index (χ0v) is 12.5. The third kappa shape index (κ3) is 4.90. The van der Waals surface area contributed by atoms with Crippen LogP contribution in [0, 0.1) is 5.92 Å². The molecule has 0 bridgehead atoms. The number of benzene rings is 1. The van der Waals surface area contributed by atoms with Crippen molar-refractivity contribution in [3.8, 4) is 11.5 Å². The Bertz CT molecular complexity index is 385. The third-order valence-corrected chi connectivity index (χ3v) is 3.06. The highest BCUT2D eigenvalue weighted by Gasteiger charge is 2.21. The molecule has 0 fully saturated rings. The van der Waals surface area contributed by atoms with Gasteiger partial charge in [-0.2, -0.15) is 0 Å². The topological polar surface area (TPSA) is 75.7 Å². The fraction of sp³-hybridized carbons (Fsp3) is 0.571. The standard InChI is InChI=1S/C14H23NO3.ClH/c1-9(2)7-8-11(16)13(15)10-5-4-6-12(18-3)14(10)17;/h4-6,9,11,13,16-17H,7-8,15H2,1-3H3;1H/t11-,13+;/m1./s1. The Morgan fingerprint density at radius 3 is 2.42 bits per heavy atom. The highest BCUT2D eigenvalue weighted by Crippen LogP contribution is 2.34. The van der Waals surface area contributed by atoms with Crippen LogP contribution in [0.3, 0.4) is 0 Å². The van der Waals surface area contributed by atoms with Crippen LogP contribution in [0.2, 0.25) is 0 Å². The van der Waals surface area contributed by atoms with E-state index in [2.05, 4.69) is 13.8 Å². The molecule has 2 atom stereocenters. The lowest BCUT2D eigenvalue weighted by Gasteiger charge is -2.21. The van der Waals surface area contributed by atoms with Crippen molar-refractivity contribution in [1.29, 1.82) is 0 Å². The summed E-state index contributed by atoms with van der Waals surface area (Å²) in [6.45, 7) is 4.20. The number of hydrogen-bond donors (Lipinski definition) is 3. The van der Waals surface area contributed by atoms with Crippen LogP contribution in [0.5, 0.6) is 11.5 Å². The first-order valence-corrected chi connectivity index (χ1v) is 6.26. The van der Waals surface area contributed by atoms with Crippen molar-refractivity contribution in [2.75, 3.05) is 7.11 Å². The molecule has 5 heteroatoms. The van der Waals surface area contributed by atoms with Gasteiger partial charge in [-0.3, -0.25) is 0 Å². The summed E-state index contributed by atoms with van der Waals surface area (Å²) in [7, 11) is 1.49. The van der Waals surface area contributed by atoms with E-state index in [1.165, 1.54) is 7.11 Å². The van der Waals surface area contributed by atoms with Gasteiger partial charge in [0, 0.05) is 5.56 Å². The molecule has 0 unspecified atom stereocenters. The van der Waals surface area contributed by atoms with Crippen LogP contribution in [-0.4, -0.2) is 23.4 Å². The predicted octanol–water partition coefficient (Wildman–Crippen LogP) is 2.62. The summed E-state index contributed by atoms with van der Waals surface area (Å²) in [6.07, 6.45) is 0.861.